The number of aliphatic hydroxyl groups excluding tert-OH is 2. The fourth-order valence-electron chi connectivity index (χ4n) is 3.33. The van der Waals surface area contributed by atoms with Crippen molar-refractivity contribution in [2.45, 2.75) is 44.2 Å². The van der Waals surface area contributed by atoms with Gasteiger partial charge in [0, 0.05) is 18.9 Å². The molecule has 0 spiro atoms. The molecule has 8 heteroatoms. The number of ether oxygens (including phenoxy) is 1. The maximum absolute atomic E-state index is 13.6. The fourth-order valence-corrected chi connectivity index (χ4v) is 3.33. The normalized spacial score (nSPS) is 21.9. The van der Waals surface area contributed by atoms with Gasteiger partial charge in [-0.1, -0.05) is 18.2 Å². The molecule has 0 radical (unpaired) electrons. The first-order valence-electron chi connectivity index (χ1n) is 9.68. The van der Waals surface area contributed by atoms with Gasteiger partial charge in [-0.15, -0.1) is 0 Å². The summed E-state index contributed by atoms with van der Waals surface area (Å²) in [4.78, 5) is 24.5. The maximum Gasteiger partial charge on any atom is 0.223 e. The van der Waals surface area contributed by atoms with Crippen molar-refractivity contribution >= 4 is 11.8 Å². The van der Waals surface area contributed by atoms with Crippen molar-refractivity contribution < 1.29 is 28.9 Å². The van der Waals surface area contributed by atoms with Crippen LogP contribution in [0.5, 0.6) is 0 Å². The summed E-state index contributed by atoms with van der Waals surface area (Å²) in [6.07, 6.45) is 1.02. The van der Waals surface area contributed by atoms with Gasteiger partial charge in [0.25, 0.3) is 0 Å². The number of nitrogens with one attached hydrogen (secondary N) is 2. The quantitative estimate of drug-likeness (QED) is 0.432. The Labute approximate surface area is 164 Å². The second-order valence-corrected chi connectivity index (χ2v) is 6.97. The van der Waals surface area contributed by atoms with Gasteiger partial charge >= 0.3 is 0 Å². The molecule has 4 N–H and O–H groups in total. The van der Waals surface area contributed by atoms with Gasteiger partial charge in [-0.25, -0.2) is 4.39 Å². The third-order valence-electron chi connectivity index (χ3n) is 4.89. The van der Waals surface area contributed by atoms with E-state index in [0.29, 0.717) is 38.0 Å². The molecule has 3 atom stereocenters. The first-order chi connectivity index (χ1) is 13.5. The van der Waals surface area contributed by atoms with Gasteiger partial charge in [-0.2, -0.15) is 0 Å². The SMILES string of the molecule is O=C(CCc1ccccc1F)N[C@@H]1C[C@@H](C(=O)NCCOCCO)CC[C@H]1O. The second kappa shape index (κ2) is 11.7. The lowest BCUT2D eigenvalue weighted by Gasteiger charge is -2.33. The lowest BCUT2D eigenvalue weighted by Crippen LogP contribution is -2.49. The minimum Gasteiger partial charge on any atom is -0.394 e. The topological polar surface area (TPSA) is 108 Å². The van der Waals surface area contributed by atoms with Crippen LogP contribution in [0.15, 0.2) is 24.3 Å². The van der Waals surface area contributed by atoms with Crippen LogP contribution in [0.2, 0.25) is 0 Å². The summed E-state index contributed by atoms with van der Waals surface area (Å²) in [6.45, 7) is 0.828. The minimum atomic E-state index is -0.700. The van der Waals surface area contributed by atoms with E-state index in [-0.39, 0.29) is 49.6 Å². The lowest BCUT2D eigenvalue weighted by atomic mass is 9.83. The summed E-state index contributed by atoms with van der Waals surface area (Å²) in [5.41, 5.74) is 0.475. The van der Waals surface area contributed by atoms with Crippen molar-refractivity contribution in [1.82, 2.24) is 10.6 Å². The van der Waals surface area contributed by atoms with Crippen molar-refractivity contribution in [3.05, 3.63) is 35.6 Å². The molecule has 0 aromatic heterocycles. The Hall–Kier alpha value is -2.03. The van der Waals surface area contributed by atoms with E-state index in [9.17, 15) is 19.1 Å². The number of carbonyl (C=O) groups excluding carboxylic acids is 2. The molecule has 1 aromatic carbocycles. The molecule has 0 unspecified atom stereocenters. The van der Waals surface area contributed by atoms with Gasteiger partial charge in [0.2, 0.25) is 11.8 Å². The molecule has 1 saturated carbocycles. The molecule has 1 aliphatic carbocycles. The Morgan fingerprint density at radius 1 is 1.21 bits per heavy atom. The number of rotatable bonds is 10. The molecule has 1 fully saturated rings. The molecule has 0 aliphatic heterocycles. The van der Waals surface area contributed by atoms with E-state index in [1.165, 1.54) is 6.07 Å². The molecule has 0 heterocycles. The monoisotopic (exact) mass is 396 g/mol. The summed E-state index contributed by atoms with van der Waals surface area (Å²) in [7, 11) is 0. The highest BCUT2D eigenvalue weighted by Crippen LogP contribution is 2.25. The maximum atomic E-state index is 13.6. The van der Waals surface area contributed by atoms with Gasteiger partial charge in [0.1, 0.15) is 5.82 Å². The van der Waals surface area contributed by atoms with Crippen molar-refractivity contribution in [1.29, 1.82) is 0 Å². The lowest BCUT2D eigenvalue weighted by molar-refractivity contribution is -0.129. The van der Waals surface area contributed by atoms with E-state index in [0.717, 1.165) is 0 Å². The Morgan fingerprint density at radius 3 is 2.75 bits per heavy atom. The van der Waals surface area contributed by atoms with Crippen LogP contribution in [0.25, 0.3) is 0 Å². The standard InChI is InChI=1S/C20H29FN2O5/c21-16-4-2-1-3-14(16)6-8-19(26)23-17-13-15(5-7-18(17)25)20(27)22-9-11-28-12-10-24/h1-4,15,17-18,24-25H,5-13H2,(H,22,27)(H,23,26)/t15-,17+,18+/m0/s1. The molecule has 2 amide bonds. The van der Waals surface area contributed by atoms with Crippen LogP contribution in [0, 0.1) is 11.7 Å². The highest BCUT2D eigenvalue weighted by Gasteiger charge is 2.33. The van der Waals surface area contributed by atoms with Gasteiger partial charge in [0.15, 0.2) is 0 Å². The van der Waals surface area contributed by atoms with E-state index in [4.69, 9.17) is 9.84 Å². The number of carbonyl (C=O) groups is 2. The Kier molecular flexibility index (Phi) is 9.33. The number of aryl methyl sites for hydroxylation is 1. The van der Waals surface area contributed by atoms with Crippen LogP contribution in [-0.2, 0) is 20.7 Å². The summed E-state index contributed by atoms with van der Waals surface area (Å²) in [5.74, 6) is -1.04. The number of hydrogen-bond donors (Lipinski definition) is 4. The third kappa shape index (κ3) is 7.18. The van der Waals surface area contributed by atoms with E-state index in [2.05, 4.69) is 10.6 Å². The number of benzene rings is 1. The van der Waals surface area contributed by atoms with Crippen molar-refractivity contribution in [3.8, 4) is 0 Å². The number of aliphatic hydroxyl groups is 2. The highest BCUT2D eigenvalue weighted by molar-refractivity contribution is 5.79. The molecule has 0 bridgehead atoms. The molecule has 1 aliphatic rings. The number of hydrogen-bond acceptors (Lipinski definition) is 5. The molecule has 156 valence electrons. The Morgan fingerprint density at radius 2 is 2.00 bits per heavy atom. The number of amides is 2. The van der Waals surface area contributed by atoms with Gasteiger partial charge in [-0.3, -0.25) is 9.59 Å². The minimum absolute atomic E-state index is 0.0627. The van der Waals surface area contributed by atoms with Crippen molar-refractivity contribution in [2.75, 3.05) is 26.4 Å². The highest BCUT2D eigenvalue weighted by atomic mass is 19.1. The van der Waals surface area contributed by atoms with E-state index in [1.807, 2.05) is 0 Å². The Bertz CT molecular complexity index is 643. The smallest absolute Gasteiger partial charge is 0.223 e. The van der Waals surface area contributed by atoms with Gasteiger partial charge in [-0.05, 0) is 37.3 Å². The molecule has 0 saturated heterocycles. The third-order valence-corrected chi connectivity index (χ3v) is 4.89. The van der Waals surface area contributed by atoms with Crippen LogP contribution < -0.4 is 10.6 Å². The van der Waals surface area contributed by atoms with E-state index >= 15 is 0 Å². The molecular weight excluding hydrogens is 367 g/mol. The van der Waals surface area contributed by atoms with Crippen LogP contribution in [0.1, 0.15) is 31.2 Å². The first-order valence-corrected chi connectivity index (χ1v) is 9.68. The summed E-state index contributed by atoms with van der Waals surface area (Å²) < 4.78 is 18.7. The average Bonchev–Trinajstić information content (AvgIpc) is 2.68. The van der Waals surface area contributed by atoms with Gasteiger partial charge in [0.05, 0.1) is 32.0 Å². The summed E-state index contributed by atoms with van der Waals surface area (Å²) in [6, 6.07) is 5.82. The van der Waals surface area contributed by atoms with Gasteiger partial charge < -0.3 is 25.6 Å². The molecule has 7 nitrogen and oxygen atoms in total. The zero-order valence-corrected chi connectivity index (χ0v) is 15.9. The van der Waals surface area contributed by atoms with E-state index < -0.39 is 12.1 Å². The van der Waals surface area contributed by atoms with Crippen LogP contribution in [0.3, 0.4) is 0 Å². The molecule has 28 heavy (non-hydrogen) atoms. The Balaban J connectivity index is 1.76. The van der Waals surface area contributed by atoms with Crippen LogP contribution in [0.4, 0.5) is 4.39 Å². The predicted octanol–water partition coefficient (Wildman–Crippen LogP) is 0.529. The average molecular weight is 396 g/mol. The van der Waals surface area contributed by atoms with Crippen molar-refractivity contribution in [2.24, 2.45) is 5.92 Å². The largest absolute Gasteiger partial charge is 0.394 e. The second-order valence-electron chi connectivity index (χ2n) is 6.97. The summed E-state index contributed by atoms with van der Waals surface area (Å²) in [5, 5.41) is 24.4. The zero-order chi connectivity index (χ0) is 20.4. The van der Waals surface area contributed by atoms with Crippen molar-refractivity contribution in [3.63, 3.8) is 0 Å². The predicted molar refractivity (Wildman–Crippen MR) is 101 cm³/mol. The first kappa shape index (κ1) is 22.3. The fraction of sp³-hybridized carbons (Fsp3) is 0.600. The number of halogens is 1. The van der Waals surface area contributed by atoms with Crippen LogP contribution in [-0.4, -0.2) is 60.5 Å². The molecule has 2 rings (SSSR count). The van der Waals surface area contributed by atoms with E-state index in [1.54, 1.807) is 18.2 Å². The van der Waals surface area contributed by atoms with Crippen LogP contribution >= 0.6 is 0 Å². The molecular formula is C20H29FN2O5. The zero-order valence-electron chi connectivity index (χ0n) is 15.9. The summed E-state index contributed by atoms with van der Waals surface area (Å²) >= 11 is 0. The molecule has 1 aromatic rings.